The molecule has 0 bridgehead atoms. The van der Waals surface area contributed by atoms with Crippen molar-refractivity contribution in [3.05, 3.63) is 65.6 Å². The second-order valence-electron chi connectivity index (χ2n) is 9.61. The minimum Gasteiger partial charge on any atom is -0.486 e. The van der Waals surface area contributed by atoms with E-state index in [1.807, 2.05) is 45.0 Å². The van der Waals surface area contributed by atoms with Crippen LogP contribution in [0.25, 0.3) is 11.1 Å². The number of Topliss-reactive ketones (excluding diaryl/α,β-unsaturated/α-hetero) is 1. The summed E-state index contributed by atoms with van der Waals surface area (Å²) < 4.78 is 25.4. The van der Waals surface area contributed by atoms with Gasteiger partial charge in [-0.25, -0.2) is 14.2 Å². The second kappa shape index (κ2) is 10.8. The van der Waals surface area contributed by atoms with Gasteiger partial charge in [-0.05, 0) is 69.2 Å². The van der Waals surface area contributed by atoms with Gasteiger partial charge in [0.1, 0.15) is 30.1 Å². The Morgan fingerprint density at radius 1 is 1.19 bits per heavy atom. The highest BCUT2D eigenvalue weighted by Crippen LogP contribution is 2.38. The van der Waals surface area contributed by atoms with Gasteiger partial charge in [0.2, 0.25) is 5.88 Å². The summed E-state index contributed by atoms with van der Waals surface area (Å²) in [4.78, 5) is 30.8. The molecule has 2 aromatic carbocycles. The lowest BCUT2D eigenvalue weighted by Gasteiger charge is -2.35. The minimum atomic E-state index is -0.590. The number of ether oxygens (including phenoxy) is 2. The summed E-state index contributed by atoms with van der Waals surface area (Å²) >= 11 is 5.86. The molecule has 9 heteroatoms. The first kappa shape index (κ1) is 26.4. The van der Waals surface area contributed by atoms with Crippen LogP contribution in [-0.4, -0.2) is 36.1 Å². The van der Waals surface area contributed by atoms with Gasteiger partial charge in [0.15, 0.2) is 0 Å². The molecule has 0 aliphatic carbocycles. The molecule has 1 unspecified atom stereocenters. The molecule has 1 atom stereocenters. The number of hydrogen-bond donors (Lipinski definition) is 1. The van der Waals surface area contributed by atoms with E-state index in [4.69, 9.17) is 21.1 Å². The van der Waals surface area contributed by atoms with Gasteiger partial charge in [0.05, 0.1) is 22.7 Å². The summed E-state index contributed by atoms with van der Waals surface area (Å²) in [5, 5.41) is 2.72. The first-order chi connectivity index (χ1) is 17.6. The summed E-state index contributed by atoms with van der Waals surface area (Å²) in [5.41, 5.74) is 2.14. The molecule has 3 aromatic rings. The third-order valence-electron chi connectivity index (χ3n) is 6.41. The normalized spacial score (nSPS) is 15.0. The van der Waals surface area contributed by atoms with E-state index in [-0.39, 0.29) is 29.5 Å². The predicted octanol–water partition coefficient (Wildman–Crippen LogP) is 6.74. The summed E-state index contributed by atoms with van der Waals surface area (Å²) in [7, 11) is 0. The zero-order chi connectivity index (χ0) is 26.7. The lowest BCUT2D eigenvalue weighted by atomic mass is 9.90. The van der Waals surface area contributed by atoms with Crippen LogP contribution in [0.15, 0.2) is 54.7 Å². The molecule has 2 amide bonds. The molecule has 0 spiro atoms. The van der Waals surface area contributed by atoms with E-state index in [1.54, 1.807) is 24.1 Å². The molecule has 1 aliphatic rings. The van der Waals surface area contributed by atoms with Crippen LogP contribution < -0.4 is 19.7 Å². The molecule has 0 saturated heterocycles. The number of benzene rings is 2. The fourth-order valence-corrected chi connectivity index (χ4v) is 3.87. The Morgan fingerprint density at radius 3 is 2.59 bits per heavy atom. The maximum atomic E-state index is 13.5. The number of carbonyl (C=O) groups is 2. The quantitative estimate of drug-likeness (QED) is 0.369. The van der Waals surface area contributed by atoms with Crippen LogP contribution >= 0.6 is 11.6 Å². The number of anilines is 2. The average molecular weight is 526 g/mol. The number of nitrogens with zero attached hydrogens (tertiary/aromatic N) is 2. The van der Waals surface area contributed by atoms with E-state index in [1.165, 1.54) is 18.2 Å². The predicted molar refractivity (Wildman–Crippen MR) is 142 cm³/mol. The number of halogens is 2. The van der Waals surface area contributed by atoms with Gasteiger partial charge in [-0.15, -0.1) is 0 Å². The summed E-state index contributed by atoms with van der Waals surface area (Å²) in [6, 6.07) is 12.9. The average Bonchev–Trinajstić information content (AvgIpc) is 2.88. The van der Waals surface area contributed by atoms with Crippen LogP contribution in [-0.2, 0) is 4.79 Å². The van der Waals surface area contributed by atoms with E-state index in [9.17, 15) is 14.0 Å². The third kappa shape index (κ3) is 6.02. The van der Waals surface area contributed by atoms with Crippen molar-refractivity contribution in [1.29, 1.82) is 0 Å². The molecule has 1 N–H and O–H groups in total. The molecule has 1 aromatic heterocycles. The molecule has 0 saturated carbocycles. The van der Waals surface area contributed by atoms with E-state index in [0.717, 1.165) is 11.1 Å². The summed E-state index contributed by atoms with van der Waals surface area (Å²) in [6.07, 6.45) is 2.21. The number of amides is 2. The van der Waals surface area contributed by atoms with Gasteiger partial charge >= 0.3 is 6.03 Å². The lowest BCUT2D eigenvalue weighted by molar-refractivity contribution is -0.126. The number of urea groups is 1. The molecule has 1 aliphatic heterocycles. The monoisotopic (exact) mass is 525 g/mol. The summed E-state index contributed by atoms with van der Waals surface area (Å²) in [6.45, 7) is 7.81. The molecule has 2 heterocycles. The van der Waals surface area contributed by atoms with E-state index < -0.39 is 11.2 Å². The van der Waals surface area contributed by atoms with E-state index in [0.29, 0.717) is 36.0 Å². The second-order valence-corrected chi connectivity index (χ2v) is 10.0. The van der Waals surface area contributed by atoms with Crippen molar-refractivity contribution in [3.8, 4) is 22.8 Å². The smallest absolute Gasteiger partial charge is 0.326 e. The number of aromatic nitrogens is 1. The van der Waals surface area contributed by atoms with Gasteiger partial charge < -0.3 is 14.8 Å². The Kier molecular flexibility index (Phi) is 7.68. The van der Waals surface area contributed by atoms with Gasteiger partial charge in [0, 0.05) is 23.5 Å². The fraction of sp³-hybridized carbons (Fsp3) is 0.321. The standard InChI is InChI=1S/C28H29ClFN3O4/c1-5-21-15-33(27(35)32-20-8-9-23(30)22(29)13-20)24-10-6-18(12-25(24)37-21)19-7-11-26(31-14-19)36-16-28(3,4)17(2)34/h6-14,21H,5,15-16H2,1-4H3,(H,32,35). The van der Waals surface area contributed by atoms with E-state index in [2.05, 4.69) is 10.3 Å². The molecule has 4 rings (SSSR count). The molecule has 37 heavy (non-hydrogen) atoms. The maximum Gasteiger partial charge on any atom is 0.326 e. The highest BCUT2D eigenvalue weighted by atomic mass is 35.5. The van der Waals surface area contributed by atoms with Gasteiger partial charge in [0.25, 0.3) is 0 Å². The largest absolute Gasteiger partial charge is 0.486 e. The summed E-state index contributed by atoms with van der Waals surface area (Å²) in [5.74, 6) is 0.505. The van der Waals surface area contributed by atoms with Gasteiger partial charge in [-0.1, -0.05) is 24.6 Å². The van der Waals surface area contributed by atoms with Crippen LogP contribution in [0.3, 0.4) is 0 Å². The molecule has 7 nitrogen and oxygen atoms in total. The van der Waals surface area contributed by atoms with Crippen molar-refractivity contribution in [2.75, 3.05) is 23.4 Å². The highest BCUT2D eigenvalue weighted by Gasteiger charge is 2.30. The van der Waals surface area contributed by atoms with Crippen LogP contribution in [0.4, 0.5) is 20.6 Å². The Bertz CT molecular complexity index is 1310. The first-order valence-corrected chi connectivity index (χ1v) is 12.4. The fourth-order valence-electron chi connectivity index (χ4n) is 3.69. The van der Waals surface area contributed by atoms with Crippen molar-refractivity contribution in [3.63, 3.8) is 0 Å². The maximum absolute atomic E-state index is 13.5. The molecular weight excluding hydrogens is 497 g/mol. The van der Waals surface area contributed by atoms with Crippen molar-refractivity contribution in [1.82, 2.24) is 4.98 Å². The van der Waals surface area contributed by atoms with Crippen LogP contribution in [0.1, 0.15) is 34.1 Å². The number of rotatable bonds is 7. The van der Waals surface area contributed by atoms with Crippen LogP contribution in [0, 0.1) is 11.2 Å². The Balaban J connectivity index is 1.53. The van der Waals surface area contributed by atoms with Crippen LogP contribution in [0.5, 0.6) is 11.6 Å². The van der Waals surface area contributed by atoms with Crippen molar-refractivity contribution in [2.45, 2.75) is 40.2 Å². The van der Waals surface area contributed by atoms with Crippen molar-refractivity contribution >= 4 is 34.8 Å². The van der Waals surface area contributed by atoms with Crippen molar-refractivity contribution < 1.29 is 23.5 Å². The number of pyridine rings is 1. The zero-order valence-corrected chi connectivity index (χ0v) is 21.9. The number of fused-ring (bicyclic) bond motifs is 1. The lowest BCUT2D eigenvalue weighted by Crippen LogP contribution is -2.45. The van der Waals surface area contributed by atoms with Gasteiger partial charge in [-0.2, -0.15) is 0 Å². The van der Waals surface area contributed by atoms with Crippen molar-refractivity contribution in [2.24, 2.45) is 5.41 Å². The molecule has 194 valence electrons. The number of nitrogens with one attached hydrogen (secondary N) is 1. The molecule has 0 radical (unpaired) electrons. The number of carbonyl (C=O) groups excluding carboxylic acids is 2. The number of ketones is 1. The highest BCUT2D eigenvalue weighted by molar-refractivity contribution is 6.31. The van der Waals surface area contributed by atoms with Crippen LogP contribution in [0.2, 0.25) is 5.02 Å². The topological polar surface area (TPSA) is 80.8 Å². The Hall–Kier alpha value is -3.65. The Labute approximate surface area is 220 Å². The van der Waals surface area contributed by atoms with Gasteiger partial charge in [-0.3, -0.25) is 9.69 Å². The minimum absolute atomic E-state index is 0.0488. The first-order valence-electron chi connectivity index (χ1n) is 12.0. The zero-order valence-electron chi connectivity index (χ0n) is 21.2. The van der Waals surface area contributed by atoms with E-state index >= 15 is 0 Å². The Morgan fingerprint density at radius 2 is 1.95 bits per heavy atom. The SMILES string of the molecule is CCC1CN(C(=O)Nc2ccc(F)c(Cl)c2)c2ccc(-c3ccc(OCC(C)(C)C(C)=O)nc3)cc2O1. The molecular formula is C28H29ClFN3O4. The number of hydrogen-bond acceptors (Lipinski definition) is 5. The third-order valence-corrected chi connectivity index (χ3v) is 6.70. The molecule has 0 fully saturated rings.